The lowest BCUT2D eigenvalue weighted by atomic mass is 10.2. The number of carbonyl (C=O) groups is 1. The minimum Gasteiger partial charge on any atom is -0.352 e. The summed E-state index contributed by atoms with van der Waals surface area (Å²) in [5.41, 5.74) is 0.572. The number of hydrogen-bond donors (Lipinski definition) is 1. The molecule has 1 saturated carbocycles. The van der Waals surface area contributed by atoms with Gasteiger partial charge in [-0.15, -0.1) is 0 Å². The highest BCUT2D eigenvalue weighted by atomic mass is 32.2. The fraction of sp³-hybridized carbons (Fsp3) is 0.562. The molecule has 0 unspecified atom stereocenters. The van der Waals surface area contributed by atoms with Crippen molar-refractivity contribution < 1.29 is 17.6 Å². The molecule has 8 heteroatoms. The number of halogens is 1. The molecule has 3 rings (SSSR count). The zero-order chi connectivity index (χ0) is 17.2. The fourth-order valence-corrected chi connectivity index (χ4v) is 4.27. The first-order chi connectivity index (χ1) is 11.4. The van der Waals surface area contributed by atoms with E-state index in [0.717, 1.165) is 12.8 Å². The summed E-state index contributed by atoms with van der Waals surface area (Å²) >= 11 is 0. The number of sulfonamides is 1. The van der Waals surface area contributed by atoms with Gasteiger partial charge in [0.05, 0.1) is 12.3 Å². The summed E-state index contributed by atoms with van der Waals surface area (Å²) in [7, 11) is -3.43. The highest BCUT2D eigenvalue weighted by Crippen LogP contribution is 2.18. The molecule has 0 radical (unpaired) electrons. The number of nitrogens with one attached hydrogen (secondary N) is 1. The number of piperazine rings is 1. The Labute approximate surface area is 141 Å². The Bertz CT molecular complexity index is 681. The van der Waals surface area contributed by atoms with Crippen molar-refractivity contribution >= 4 is 15.9 Å². The van der Waals surface area contributed by atoms with Crippen LogP contribution in [0.3, 0.4) is 0 Å². The molecule has 132 valence electrons. The predicted octanol–water partition coefficient (Wildman–Crippen LogP) is 0.552. The summed E-state index contributed by atoms with van der Waals surface area (Å²) in [6.45, 7) is 2.16. The van der Waals surface area contributed by atoms with Gasteiger partial charge in [0.1, 0.15) is 5.82 Å². The van der Waals surface area contributed by atoms with Crippen molar-refractivity contribution in [3.8, 4) is 0 Å². The van der Waals surface area contributed by atoms with Crippen LogP contribution < -0.4 is 5.32 Å². The monoisotopic (exact) mass is 355 g/mol. The van der Waals surface area contributed by atoms with Crippen molar-refractivity contribution in [2.45, 2.75) is 24.6 Å². The van der Waals surface area contributed by atoms with Crippen molar-refractivity contribution in [3.63, 3.8) is 0 Å². The molecule has 1 saturated heterocycles. The van der Waals surface area contributed by atoms with E-state index in [1.165, 1.54) is 28.6 Å². The van der Waals surface area contributed by atoms with Gasteiger partial charge in [-0.3, -0.25) is 9.69 Å². The average molecular weight is 355 g/mol. The lowest BCUT2D eigenvalue weighted by Crippen LogP contribution is -2.51. The van der Waals surface area contributed by atoms with Gasteiger partial charge in [0.2, 0.25) is 15.9 Å². The van der Waals surface area contributed by atoms with E-state index in [1.807, 2.05) is 4.90 Å². The van der Waals surface area contributed by atoms with E-state index in [0.29, 0.717) is 44.3 Å². The molecule has 24 heavy (non-hydrogen) atoms. The summed E-state index contributed by atoms with van der Waals surface area (Å²) in [5, 5.41) is 2.94. The molecule has 1 aliphatic carbocycles. The largest absolute Gasteiger partial charge is 0.352 e. The minimum absolute atomic E-state index is 0.0140. The molecule has 0 aromatic heterocycles. The summed E-state index contributed by atoms with van der Waals surface area (Å²) in [5.74, 6) is -0.496. The smallest absolute Gasteiger partial charge is 0.234 e. The van der Waals surface area contributed by atoms with Crippen LogP contribution >= 0.6 is 0 Å². The summed E-state index contributed by atoms with van der Waals surface area (Å²) in [4.78, 5) is 13.8. The highest BCUT2D eigenvalue weighted by Gasteiger charge is 2.29. The van der Waals surface area contributed by atoms with Gasteiger partial charge in [-0.1, -0.05) is 12.1 Å². The maximum Gasteiger partial charge on any atom is 0.234 e. The number of benzene rings is 1. The van der Waals surface area contributed by atoms with Crippen LogP contribution in [0.1, 0.15) is 18.4 Å². The number of nitrogens with zero attached hydrogens (tertiary/aromatic N) is 2. The van der Waals surface area contributed by atoms with Gasteiger partial charge in [-0.2, -0.15) is 4.31 Å². The second-order valence-electron chi connectivity index (χ2n) is 6.40. The van der Waals surface area contributed by atoms with Crippen LogP contribution in [0.15, 0.2) is 24.3 Å². The minimum atomic E-state index is -3.43. The lowest BCUT2D eigenvalue weighted by molar-refractivity contribution is -0.122. The Morgan fingerprint density at radius 1 is 1.12 bits per heavy atom. The molecule has 0 bridgehead atoms. The third-order valence-corrected chi connectivity index (χ3v) is 6.15. The Balaban J connectivity index is 1.49. The first kappa shape index (κ1) is 17.3. The molecule has 1 aromatic rings. The first-order valence-corrected chi connectivity index (χ1v) is 9.77. The van der Waals surface area contributed by atoms with E-state index < -0.39 is 10.0 Å². The van der Waals surface area contributed by atoms with Crippen LogP contribution in [0.25, 0.3) is 0 Å². The Morgan fingerprint density at radius 2 is 1.75 bits per heavy atom. The topological polar surface area (TPSA) is 69.7 Å². The van der Waals surface area contributed by atoms with Gasteiger partial charge in [0, 0.05) is 32.2 Å². The third kappa shape index (κ3) is 4.75. The van der Waals surface area contributed by atoms with E-state index in [1.54, 1.807) is 0 Å². The number of rotatable bonds is 6. The molecule has 1 aliphatic heterocycles. The van der Waals surface area contributed by atoms with Crippen molar-refractivity contribution in [1.82, 2.24) is 14.5 Å². The molecule has 1 amide bonds. The van der Waals surface area contributed by atoms with Crippen molar-refractivity contribution in [1.29, 1.82) is 0 Å². The van der Waals surface area contributed by atoms with Crippen molar-refractivity contribution in [2.24, 2.45) is 0 Å². The van der Waals surface area contributed by atoms with Crippen LogP contribution in [-0.4, -0.2) is 62.3 Å². The average Bonchev–Trinajstić information content (AvgIpc) is 3.34. The maximum atomic E-state index is 12.9. The number of hydrogen-bond acceptors (Lipinski definition) is 4. The van der Waals surface area contributed by atoms with Crippen LogP contribution in [-0.2, 0) is 20.6 Å². The van der Waals surface area contributed by atoms with Crippen LogP contribution in [0.4, 0.5) is 4.39 Å². The van der Waals surface area contributed by atoms with Gasteiger partial charge < -0.3 is 5.32 Å². The SMILES string of the molecule is O=C(CN1CCN(S(=O)(=O)Cc2ccc(F)cc2)CC1)NC1CC1. The lowest BCUT2D eigenvalue weighted by Gasteiger charge is -2.33. The Morgan fingerprint density at radius 3 is 2.33 bits per heavy atom. The quantitative estimate of drug-likeness (QED) is 0.809. The fourth-order valence-electron chi connectivity index (χ4n) is 2.75. The molecule has 2 fully saturated rings. The van der Waals surface area contributed by atoms with E-state index in [9.17, 15) is 17.6 Å². The van der Waals surface area contributed by atoms with Gasteiger partial charge in [-0.05, 0) is 30.5 Å². The molecule has 0 atom stereocenters. The van der Waals surface area contributed by atoms with E-state index in [2.05, 4.69) is 5.32 Å². The first-order valence-electron chi connectivity index (χ1n) is 8.16. The van der Waals surface area contributed by atoms with E-state index >= 15 is 0 Å². The van der Waals surface area contributed by atoms with Crippen LogP contribution in [0.5, 0.6) is 0 Å². The third-order valence-electron chi connectivity index (χ3n) is 4.30. The second kappa shape index (κ2) is 7.16. The molecule has 0 spiro atoms. The van der Waals surface area contributed by atoms with Gasteiger partial charge >= 0.3 is 0 Å². The van der Waals surface area contributed by atoms with Gasteiger partial charge in [-0.25, -0.2) is 12.8 Å². The predicted molar refractivity (Wildman–Crippen MR) is 88.2 cm³/mol. The standard InChI is InChI=1S/C16H22FN3O3S/c17-14-3-1-13(2-4-14)12-24(22,23)20-9-7-19(8-10-20)11-16(21)18-15-5-6-15/h1-4,15H,5-12H2,(H,18,21). The van der Waals surface area contributed by atoms with Crippen molar-refractivity contribution in [2.75, 3.05) is 32.7 Å². The number of amides is 1. The molecular formula is C16H22FN3O3S. The Hall–Kier alpha value is -1.51. The molecule has 6 nitrogen and oxygen atoms in total. The highest BCUT2D eigenvalue weighted by molar-refractivity contribution is 7.88. The molecule has 1 heterocycles. The van der Waals surface area contributed by atoms with Crippen LogP contribution in [0, 0.1) is 5.82 Å². The normalized spacial score (nSPS) is 20.0. The molecular weight excluding hydrogens is 333 g/mol. The second-order valence-corrected chi connectivity index (χ2v) is 8.37. The summed E-state index contributed by atoms with van der Waals surface area (Å²) in [6.07, 6.45) is 2.11. The Kier molecular flexibility index (Phi) is 5.17. The maximum absolute atomic E-state index is 12.9. The van der Waals surface area contributed by atoms with Crippen molar-refractivity contribution in [3.05, 3.63) is 35.6 Å². The number of carbonyl (C=O) groups excluding carboxylic acids is 1. The zero-order valence-electron chi connectivity index (χ0n) is 13.4. The van der Waals surface area contributed by atoms with Gasteiger partial charge in [0.15, 0.2) is 0 Å². The molecule has 1 aromatic carbocycles. The summed E-state index contributed by atoms with van der Waals surface area (Å²) < 4.78 is 39.3. The van der Waals surface area contributed by atoms with E-state index in [4.69, 9.17) is 0 Å². The van der Waals surface area contributed by atoms with Gasteiger partial charge in [0.25, 0.3) is 0 Å². The van der Waals surface area contributed by atoms with Crippen LogP contribution in [0.2, 0.25) is 0 Å². The summed E-state index contributed by atoms with van der Waals surface area (Å²) in [6, 6.07) is 5.86. The van der Waals surface area contributed by atoms with E-state index in [-0.39, 0.29) is 17.5 Å². The zero-order valence-corrected chi connectivity index (χ0v) is 14.3. The molecule has 2 aliphatic rings. The molecule has 1 N–H and O–H groups in total.